The molecule has 1 aliphatic heterocycles. The van der Waals surface area contributed by atoms with Gasteiger partial charge in [0.2, 0.25) is 0 Å². The predicted octanol–water partition coefficient (Wildman–Crippen LogP) is 3.96. The summed E-state index contributed by atoms with van der Waals surface area (Å²) in [5.41, 5.74) is 1.68. The minimum atomic E-state index is -4.28. The quantitative estimate of drug-likeness (QED) is 0.443. The molecule has 1 unspecified atom stereocenters. The van der Waals surface area contributed by atoms with Gasteiger partial charge in [-0.25, -0.2) is 18.6 Å². The van der Waals surface area contributed by atoms with Gasteiger partial charge in [-0.05, 0) is 38.5 Å². The summed E-state index contributed by atoms with van der Waals surface area (Å²) in [4.78, 5) is 34.8. The number of pyridine rings is 2. The van der Waals surface area contributed by atoms with Crippen molar-refractivity contribution in [3.05, 3.63) is 52.6 Å². The van der Waals surface area contributed by atoms with E-state index >= 15 is 0 Å². The standard InChI is InChI=1S/C21H21F4N3O4/c1-4-31-19(30)17-14-9-28(18(29)13(14)5-6-26-17)12(3)15-7-11(2)16(8-27-15)32-10-21(24,25)20(22)23/h5-8,12,20H,4,9-10H2,1-3H3. The first-order chi connectivity index (χ1) is 15.1. The van der Waals surface area contributed by atoms with E-state index in [9.17, 15) is 27.2 Å². The number of aromatic nitrogens is 2. The van der Waals surface area contributed by atoms with Crippen LogP contribution in [0.5, 0.6) is 5.75 Å². The van der Waals surface area contributed by atoms with Crippen LogP contribution in [-0.2, 0) is 11.3 Å². The number of fused-ring (bicyclic) bond motifs is 1. The summed E-state index contributed by atoms with van der Waals surface area (Å²) in [5.74, 6) is -5.29. The maximum atomic E-state index is 13.1. The molecule has 0 aromatic carbocycles. The number of carbonyl (C=O) groups excluding carboxylic acids is 2. The van der Waals surface area contributed by atoms with Crippen molar-refractivity contribution in [2.45, 2.75) is 45.7 Å². The lowest BCUT2D eigenvalue weighted by atomic mass is 10.1. The number of ether oxygens (including phenoxy) is 2. The van der Waals surface area contributed by atoms with E-state index in [0.717, 1.165) is 6.20 Å². The number of hydrogen-bond acceptors (Lipinski definition) is 6. The van der Waals surface area contributed by atoms with Crippen LogP contribution in [0.1, 0.15) is 57.6 Å². The van der Waals surface area contributed by atoms with Crippen molar-refractivity contribution in [3.63, 3.8) is 0 Å². The SMILES string of the molecule is CCOC(=O)c1nccc2c1CN(C(C)c1cc(C)c(OCC(F)(F)C(F)F)cn1)C2=O. The molecule has 32 heavy (non-hydrogen) atoms. The lowest BCUT2D eigenvalue weighted by Gasteiger charge is -2.24. The average molecular weight is 455 g/mol. The monoisotopic (exact) mass is 455 g/mol. The van der Waals surface area contributed by atoms with E-state index in [1.54, 1.807) is 20.8 Å². The summed E-state index contributed by atoms with van der Waals surface area (Å²) in [6.07, 6.45) is -1.32. The van der Waals surface area contributed by atoms with Crippen LogP contribution in [0.4, 0.5) is 17.6 Å². The second kappa shape index (κ2) is 9.09. The highest BCUT2D eigenvalue weighted by atomic mass is 19.3. The van der Waals surface area contributed by atoms with Crippen molar-refractivity contribution >= 4 is 11.9 Å². The van der Waals surface area contributed by atoms with Gasteiger partial charge in [-0.2, -0.15) is 8.78 Å². The summed E-state index contributed by atoms with van der Waals surface area (Å²) >= 11 is 0. The normalized spacial score (nSPS) is 14.5. The van der Waals surface area contributed by atoms with Crippen molar-refractivity contribution in [2.75, 3.05) is 13.2 Å². The number of amides is 1. The highest BCUT2D eigenvalue weighted by Gasteiger charge is 2.42. The lowest BCUT2D eigenvalue weighted by Crippen LogP contribution is -2.34. The van der Waals surface area contributed by atoms with Gasteiger partial charge in [-0.3, -0.25) is 9.78 Å². The number of carbonyl (C=O) groups is 2. The van der Waals surface area contributed by atoms with Crippen LogP contribution in [0.15, 0.2) is 24.5 Å². The summed E-state index contributed by atoms with van der Waals surface area (Å²) < 4.78 is 60.7. The van der Waals surface area contributed by atoms with Crippen LogP contribution in [0.3, 0.4) is 0 Å². The van der Waals surface area contributed by atoms with Crippen LogP contribution in [-0.4, -0.2) is 52.3 Å². The Morgan fingerprint density at radius 2 is 2.03 bits per heavy atom. The Morgan fingerprint density at radius 3 is 2.66 bits per heavy atom. The molecule has 0 saturated heterocycles. The second-order valence-electron chi connectivity index (χ2n) is 7.24. The van der Waals surface area contributed by atoms with Crippen molar-refractivity contribution in [3.8, 4) is 5.75 Å². The molecule has 0 aliphatic carbocycles. The highest BCUT2D eigenvalue weighted by molar-refractivity contribution is 6.02. The first kappa shape index (κ1) is 23.4. The largest absolute Gasteiger partial charge is 0.485 e. The van der Waals surface area contributed by atoms with E-state index < -0.39 is 31.0 Å². The van der Waals surface area contributed by atoms with Gasteiger partial charge >= 0.3 is 18.3 Å². The Balaban J connectivity index is 1.78. The summed E-state index contributed by atoms with van der Waals surface area (Å²) in [5, 5.41) is 0. The van der Waals surface area contributed by atoms with Gasteiger partial charge in [0.1, 0.15) is 5.75 Å². The molecule has 0 radical (unpaired) electrons. The maximum absolute atomic E-state index is 13.1. The van der Waals surface area contributed by atoms with Crippen LogP contribution >= 0.6 is 0 Å². The van der Waals surface area contributed by atoms with Gasteiger partial charge in [-0.1, -0.05) is 0 Å². The molecule has 3 rings (SSSR count). The fourth-order valence-electron chi connectivity index (χ4n) is 3.28. The maximum Gasteiger partial charge on any atom is 0.357 e. The second-order valence-corrected chi connectivity index (χ2v) is 7.24. The van der Waals surface area contributed by atoms with Crippen molar-refractivity contribution < 1.29 is 36.6 Å². The molecule has 1 amide bonds. The van der Waals surface area contributed by atoms with Crippen LogP contribution in [0.2, 0.25) is 0 Å². The third kappa shape index (κ3) is 4.51. The van der Waals surface area contributed by atoms with Gasteiger partial charge in [0.15, 0.2) is 12.3 Å². The van der Waals surface area contributed by atoms with Crippen molar-refractivity contribution in [2.24, 2.45) is 0 Å². The third-order valence-electron chi connectivity index (χ3n) is 5.06. The molecule has 0 spiro atoms. The summed E-state index contributed by atoms with van der Waals surface area (Å²) in [6, 6.07) is 2.51. The predicted molar refractivity (Wildman–Crippen MR) is 104 cm³/mol. The van der Waals surface area contributed by atoms with Crippen molar-refractivity contribution in [1.82, 2.24) is 14.9 Å². The van der Waals surface area contributed by atoms with E-state index in [0.29, 0.717) is 22.4 Å². The lowest BCUT2D eigenvalue weighted by molar-refractivity contribution is -0.148. The Labute approximate surface area is 181 Å². The molecule has 7 nitrogen and oxygen atoms in total. The smallest absolute Gasteiger partial charge is 0.357 e. The van der Waals surface area contributed by atoms with E-state index in [4.69, 9.17) is 9.47 Å². The zero-order valence-electron chi connectivity index (χ0n) is 17.6. The van der Waals surface area contributed by atoms with E-state index in [-0.39, 0.29) is 30.5 Å². The molecule has 2 aromatic heterocycles. The molecular weight excluding hydrogens is 434 g/mol. The van der Waals surface area contributed by atoms with E-state index in [1.807, 2.05) is 0 Å². The van der Waals surface area contributed by atoms with Gasteiger partial charge in [-0.15, -0.1) is 0 Å². The number of aryl methyl sites for hydroxylation is 1. The number of nitrogens with zero attached hydrogens (tertiary/aromatic N) is 3. The zero-order valence-corrected chi connectivity index (χ0v) is 17.6. The first-order valence-corrected chi connectivity index (χ1v) is 9.78. The molecule has 1 atom stereocenters. The van der Waals surface area contributed by atoms with Crippen LogP contribution < -0.4 is 4.74 Å². The van der Waals surface area contributed by atoms with Crippen LogP contribution in [0.25, 0.3) is 0 Å². The Morgan fingerprint density at radius 1 is 1.31 bits per heavy atom. The van der Waals surface area contributed by atoms with Gasteiger partial charge in [0.25, 0.3) is 5.91 Å². The number of halogens is 4. The summed E-state index contributed by atoms with van der Waals surface area (Å²) in [6.45, 7) is 3.73. The fourth-order valence-corrected chi connectivity index (χ4v) is 3.28. The fraction of sp³-hybridized carbons (Fsp3) is 0.429. The Hall–Kier alpha value is -3.24. The zero-order chi connectivity index (χ0) is 23.6. The van der Waals surface area contributed by atoms with E-state index in [2.05, 4.69) is 9.97 Å². The van der Waals surface area contributed by atoms with Crippen LogP contribution in [0, 0.1) is 6.92 Å². The first-order valence-electron chi connectivity index (χ1n) is 9.78. The molecule has 3 heterocycles. The minimum Gasteiger partial charge on any atom is -0.485 e. The third-order valence-corrected chi connectivity index (χ3v) is 5.06. The molecule has 0 N–H and O–H groups in total. The molecule has 2 aromatic rings. The van der Waals surface area contributed by atoms with Crippen molar-refractivity contribution in [1.29, 1.82) is 0 Å². The molecule has 172 valence electrons. The average Bonchev–Trinajstić information content (AvgIpc) is 3.09. The molecule has 0 saturated carbocycles. The van der Waals surface area contributed by atoms with Gasteiger partial charge in [0.05, 0.1) is 24.5 Å². The molecular formula is C21H21F4N3O4. The molecule has 11 heteroatoms. The van der Waals surface area contributed by atoms with E-state index in [1.165, 1.54) is 23.2 Å². The molecule has 0 bridgehead atoms. The summed E-state index contributed by atoms with van der Waals surface area (Å²) in [7, 11) is 0. The minimum absolute atomic E-state index is 0.0638. The topological polar surface area (TPSA) is 81.6 Å². The number of rotatable bonds is 8. The number of hydrogen-bond donors (Lipinski definition) is 0. The van der Waals surface area contributed by atoms with Gasteiger partial charge < -0.3 is 14.4 Å². The highest BCUT2D eigenvalue weighted by Crippen LogP contribution is 2.33. The number of alkyl halides is 4. The Bertz CT molecular complexity index is 1030. The van der Waals surface area contributed by atoms with Gasteiger partial charge in [0, 0.05) is 23.9 Å². The molecule has 0 fully saturated rings. The Kier molecular flexibility index (Phi) is 6.65. The number of esters is 1. The molecule has 1 aliphatic rings.